The van der Waals surface area contributed by atoms with Crippen molar-refractivity contribution in [3.05, 3.63) is 0 Å². The molecule has 0 radical (unpaired) electrons. The zero-order valence-electron chi connectivity index (χ0n) is 10.5. The first-order chi connectivity index (χ1) is 7.84. The van der Waals surface area contributed by atoms with E-state index in [-0.39, 0.29) is 0 Å². The molecule has 3 heteroatoms. The largest absolute Gasteiger partial charge is 0.315 e. The highest BCUT2D eigenvalue weighted by atomic mass is 15.3. The van der Waals surface area contributed by atoms with Crippen LogP contribution < -0.4 is 5.32 Å². The summed E-state index contributed by atoms with van der Waals surface area (Å²) in [6.07, 6.45) is 7.06. The average molecular weight is 223 g/mol. The lowest BCUT2D eigenvalue weighted by Gasteiger charge is -2.35. The topological polar surface area (TPSA) is 18.5 Å². The number of nitrogens with zero attached hydrogens (tertiary/aromatic N) is 2. The van der Waals surface area contributed by atoms with Crippen LogP contribution in [-0.4, -0.2) is 61.2 Å². The molecule has 0 aromatic heterocycles. The van der Waals surface area contributed by atoms with E-state index in [0.29, 0.717) is 0 Å². The Labute approximate surface area is 99.2 Å². The van der Waals surface area contributed by atoms with Crippen LogP contribution in [0.25, 0.3) is 0 Å². The summed E-state index contributed by atoms with van der Waals surface area (Å²) >= 11 is 0. The molecule has 1 aliphatic carbocycles. The molecule has 3 rings (SSSR count). The molecule has 0 aromatic carbocycles. The minimum atomic E-state index is 0.790. The number of rotatable bonds is 3. The van der Waals surface area contributed by atoms with Gasteiger partial charge < -0.3 is 5.32 Å². The van der Waals surface area contributed by atoms with Crippen molar-refractivity contribution < 1.29 is 0 Å². The van der Waals surface area contributed by atoms with Crippen LogP contribution in [0, 0.1) is 0 Å². The molecule has 2 atom stereocenters. The second-order valence-corrected chi connectivity index (χ2v) is 5.83. The number of likely N-dealkylation sites (N-methyl/N-ethyl adjacent to an activating group) is 1. The monoisotopic (exact) mass is 223 g/mol. The van der Waals surface area contributed by atoms with Crippen LogP contribution in [0.3, 0.4) is 0 Å². The molecule has 0 amide bonds. The first kappa shape index (κ1) is 11.0. The first-order valence-electron chi connectivity index (χ1n) is 7.01. The molecule has 2 saturated heterocycles. The van der Waals surface area contributed by atoms with Crippen molar-refractivity contribution in [2.75, 3.05) is 33.2 Å². The highest BCUT2D eigenvalue weighted by Crippen LogP contribution is 2.31. The van der Waals surface area contributed by atoms with Crippen molar-refractivity contribution in [1.82, 2.24) is 15.1 Å². The maximum absolute atomic E-state index is 3.53. The molecule has 2 heterocycles. The van der Waals surface area contributed by atoms with E-state index in [1.807, 2.05) is 0 Å². The Kier molecular flexibility index (Phi) is 3.18. The Bertz CT molecular complexity index is 233. The Hall–Kier alpha value is -0.120. The van der Waals surface area contributed by atoms with Gasteiger partial charge in [0, 0.05) is 37.8 Å². The van der Waals surface area contributed by atoms with Crippen molar-refractivity contribution in [3.63, 3.8) is 0 Å². The van der Waals surface area contributed by atoms with Gasteiger partial charge in [0.1, 0.15) is 0 Å². The van der Waals surface area contributed by atoms with Gasteiger partial charge in [-0.25, -0.2) is 0 Å². The fourth-order valence-electron chi connectivity index (χ4n) is 3.35. The van der Waals surface area contributed by atoms with Gasteiger partial charge in [-0.05, 0) is 45.7 Å². The number of hydrogen-bond acceptors (Lipinski definition) is 3. The molecular formula is C13H25N3. The minimum Gasteiger partial charge on any atom is -0.315 e. The van der Waals surface area contributed by atoms with E-state index in [4.69, 9.17) is 0 Å². The summed E-state index contributed by atoms with van der Waals surface area (Å²) in [5.41, 5.74) is 0. The van der Waals surface area contributed by atoms with Gasteiger partial charge in [-0.2, -0.15) is 0 Å². The van der Waals surface area contributed by atoms with Gasteiger partial charge in [0.25, 0.3) is 0 Å². The molecular weight excluding hydrogens is 198 g/mol. The fourth-order valence-corrected chi connectivity index (χ4v) is 3.35. The summed E-state index contributed by atoms with van der Waals surface area (Å²) in [5.74, 6) is 0. The molecule has 2 unspecified atom stereocenters. The third kappa shape index (κ3) is 2.27. The molecule has 0 bridgehead atoms. The Morgan fingerprint density at radius 1 is 1.12 bits per heavy atom. The van der Waals surface area contributed by atoms with E-state index in [2.05, 4.69) is 22.2 Å². The molecule has 3 nitrogen and oxygen atoms in total. The quantitative estimate of drug-likeness (QED) is 0.767. The molecule has 1 saturated carbocycles. The van der Waals surface area contributed by atoms with Gasteiger partial charge in [0.05, 0.1) is 0 Å². The van der Waals surface area contributed by atoms with Crippen LogP contribution in [0.4, 0.5) is 0 Å². The molecule has 3 aliphatic rings. The predicted molar refractivity (Wildman–Crippen MR) is 66.7 cm³/mol. The van der Waals surface area contributed by atoms with E-state index in [0.717, 1.165) is 18.1 Å². The maximum atomic E-state index is 3.53. The Balaban J connectivity index is 1.52. The lowest BCUT2D eigenvalue weighted by molar-refractivity contribution is 0.145. The molecule has 0 aromatic rings. The van der Waals surface area contributed by atoms with Crippen LogP contribution in [0.15, 0.2) is 0 Å². The van der Waals surface area contributed by atoms with Crippen LogP contribution in [0.1, 0.15) is 32.1 Å². The van der Waals surface area contributed by atoms with Gasteiger partial charge in [0.15, 0.2) is 0 Å². The second kappa shape index (κ2) is 4.63. The van der Waals surface area contributed by atoms with Gasteiger partial charge in [-0.3, -0.25) is 9.80 Å². The third-order valence-corrected chi connectivity index (χ3v) is 4.68. The number of nitrogens with one attached hydrogen (secondary N) is 1. The number of piperidine rings is 1. The summed E-state index contributed by atoms with van der Waals surface area (Å²) < 4.78 is 0. The molecule has 2 aliphatic heterocycles. The Morgan fingerprint density at radius 2 is 2.00 bits per heavy atom. The van der Waals surface area contributed by atoms with Crippen LogP contribution >= 0.6 is 0 Å². The van der Waals surface area contributed by atoms with Gasteiger partial charge in [-0.15, -0.1) is 0 Å². The maximum Gasteiger partial charge on any atom is 0.0235 e. The van der Waals surface area contributed by atoms with Crippen molar-refractivity contribution >= 4 is 0 Å². The smallest absolute Gasteiger partial charge is 0.0235 e. The third-order valence-electron chi connectivity index (χ3n) is 4.68. The molecule has 1 N–H and O–H groups in total. The normalized spacial score (nSPS) is 37.1. The summed E-state index contributed by atoms with van der Waals surface area (Å²) in [5, 5.41) is 3.53. The molecule has 3 fully saturated rings. The number of likely N-dealkylation sites (tertiary alicyclic amines) is 1. The number of hydrogen-bond donors (Lipinski definition) is 1. The van der Waals surface area contributed by atoms with E-state index < -0.39 is 0 Å². The predicted octanol–water partition coefficient (Wildman–Crippen LogP) is 0.907. The van der Waals surface area contributed by atoms with Gasteiger partial charge >= 0.3 is 0 Å². The van der Waals surface area contributed by atoms with Crippen LogP contribution in [0.5, 0.6) is 0 Å². The zero-order valence-corrected chi connectivity index (χ0v) is 10.5. The lowest BCUT2D eigenvalue weighted by Crippen LogP contribution is -2.49. The lowest BCUT2D eigenvalue weighted by atomic mass is 10.0. The first-order valence-corrected chi connectivity index (χ1v) is 7.01. The van der Waals surface area contributed by atoms with E-state index in [1.165, 1.54) is 58.3 Å². The average Bonchev–Trinajstić information content (AvgIpc) is 3.08. The van der Waals surface area contributed by atoms with Gasteiger partial charge in [0.2, 0.25) is 0 Å². The summed E-state index contributed by atoms with van der Waals surface area (Å²) in [6, 6.07) is 2.58. The van der Waals surface area contributed by atoms with E-state index in [9.17, 15) is 0 Å². The Morgan fingerprint density at radius 3 is 2.69 bits per heavy atom. The summed E-state index contributed by atoms with van der Waals surface area (Å²) in [7, 11) is 2.35. The van der Waals surface area contributed by atoms with Crippen LogP contribution in [0.2, 0.25) is 0 Å². The highest BCUT2D eigenvalue weighted by Gasteiger charge is 2.37. The summed E-state index contributed by atoms with van der Waals surface area (Å²) in [6.45, 7) is 5.11. The molecule has 16 heavy (non-hydrogen) atoms. The summed E-state index contributed by atoms with van der Waals surface area (Å²) in [4.78, 5) is 5.38. The van der Waals surface area contributed by atoms with Gasteiger partial charge in [-0.1, -0.05) is 0 Å². The van der Waals surface area contributed by atoms with E-state index >= 15 is 0 Å². The molecule has 0 spiro atoms. The van der Waals surface area contributed by atoms with Crippen molar-refractivity contribution in [2.24, 2.45) is 0 Å². The minimum absolute atomic E-state index is 0.790. The zero-order chi connectivity index (χ0) is 11.0. The SMILES string of the molecule is CN(C1CCCNC1)C1CCN(C2CC2)C1. The highest BCUT2D eigenvalue weighted by molar-refractivity contribution is 4.93. The van der Waals surface area contributed by atoms with Crippen molar-refractivity contribution in [3.8, 4) is 0 Å². The van der Waals surface area contributed by atoms with Crippen LogP contribution in [-0.2, 0) is 0 Å². The second-order valence-electron chi connectivity index (χ2n) is 5.83. The van der Waals surface area contributed by atoms with E-state index in [1.54, 1.807) is 0 Å². The standard InChI is InChI=1S/C13H25N3/c1-15(12-3-2-7-14-9-12)13-6-8-16(10-13)11-4-5-11/h11-14H,2-10H2,1H3. The van der Waals surface area contributed by atoms with Crippen molar-refractivity contribution in [2.45, 2.75) is 50.2 Å². The fraction of sp³-hybridized carbons (Fsp3) is 1.00. The van der Waals surface area contributed by atoms with Crippen molar-refractivity contribution in [1.29, 1.82) is 0 Å². The molecule has 92 valence electrons.